The first-order valence-electron chi connectivity index (χ1n) is 10.4. The Morgan fingerprint density at radius 2 is 1.91 bits per heavy atom. The number of rotatable bonds is 3. The molecule has 1 aliphatic heterocycles. The molecule has 1 aromatic carbocycles. The van der Waals surface area contributed by atoms with Gasteiger partial charge in [0.1, 0.15) is 17.3 Å². The van der Waals surface area contributed by atoms with Gasteiger partial charge in [-0.3, -0.25) is 10.1 Å². The van der Waals surface area contributed by atoms with Crippen molar-refractivity contribution < 1.29 is 9.50 Å². The van der Waals surface area contributed by atoms with Crippen LogP contribution in [-0.4, -0.2) is 43.3 Å². The SMILES string of the molecule is Oc1cc(F)cc(-c2nccc3[nH]c(-c4n[nH]c5ncc(C6=CCNCC6)cc45)cc23)c1. The molecule has 0 saturated carbocycles. The van der Waals surface area contributed by atoms with Crippen LogP contribution < -0.4 is 5.32 Å². The number of aromatic nitrogens is 5. The van der Waals surface area contributed by atoms with E-state index in [0.29, 0.717) is 16.9 Å². The molecule has 158 valence electrons. The molecule has 5 aromatic rings. The van der Waals surface area contributed by atoms with Crippen LogP contribution in [0.4, 0.5) is 4.39 Å². The maximum absolute atomic E-state index is 13.9. The van der Waals surface area contributed by atoms with Gasteiger partial charge in [-0.2, -0.15) is 5.10 Å². The second kappa shape index (κ2) is 7.28. The highest BCUT2D eigenvalue weighted by Gasteiger charge is 2.17. The molecule has 0 spiro atoms. The van der Waals surface area contributed by atoms with Crippen molar-refractivity contribution in [2.45, 2.75) is 6.42 Å². The number of benzene rings is 1. The van der Waals surface area contributed by atoms with Crippen molar-refractivity contribution in [2.75, 3.05) is 13.1 Å². The Morgan fingerprint density at radius 3 is 2.75 bits per heavy atom. The van der Waals surface area contributed by atoms with E-state index in [-0.39, 0.29) is 5.75 Å². The minimum Gasteiger partial charge on any atom is -0.508 e. The van der Waals surface area contributed by atoms with Crippen molar-refractivity contribution in [2.24, 2.45) is 0 Å². The number of phenols is 1. The maximum Gasteiger partial charge on any atom is 0.155 e. The lowest BCUT2D eigenvalue weighted by Gasteiger charge is -2.13. The monoisotopic (exact) mass is 426 g/mol. The lowest BCUT2D eigenvalue weighted by molar-refractivity contribution is 0.469. The van der Waals surface area contributed by atoms with Gasteiger partial charge in [0.15, 0.2) is 5.65 Å². The standard InChI is InChI=1S/C24H19FN6O/c25-16-7-14(8-17(32)10-16)22-18-11-21(29-20(18)3-6-27-22)23-19-9-15(12-28-24(19)31-30-23)13-1-4-26-5-2-13/h1,3,6-12,26,29,32H,2,4-5H2,(H,28,30,31). The third-order valence-electron chi connectivity index (χ3n) is 5.81. The quantitative estimate of drug-likeness (QED) is 0.343. The van der Waals surface area contributed by atoms with Gasteiger partial charge in [-0.25, -0.2) is 9.37 Å². The molecule has 4 N–H and O–H groups in total. The number of aromatic hydroxyl groups is 1. The van der Waals surface area contributed by atoms with Gasteiger partial charge in [-0.1, -0.05) is 6.08 Å². The average molecular weight is 426 g/mol. The molecule has 0 amide bonds. The number of nitrogens with zero attached hydrogens (tertiary/aromatic N) is 3. The number of nitrogens with one attached hydrogen (secondary N) is 3. The molecule has 6 rings (SSSR count). The number of phenolic OH excluding ortho intramolecular Hbond substituents is 1. The third-order valence-corrected chi connectivity index (χ3v) is 5.81. The summed E-state index contributed by atoms with van der Waals surface area (Å²) in [5.74, 6) is -0.655. The Hall–Kier alpha value is -4.04. The van der Waals surface area contributed by atoms with E-state index in [1.54, 1.807) is 6.20 Å². The van der Waals surface area contributed by atoms with Crippen LogP contribution >= 0.6 is 0 Å². The minimum absolute atomic E-state index is 0.140. The van der Waals surface area contributed by atoms with Crippen LogP contribution in [0.3, 0.4) is 0 Å². The molecular formula is C24H19FN6O. The van der Waals surface area contributed by atoms with Crippen molar-refractivity contribution >= 4 is 27.5 Å². The van der Waals surface area contributed by atoms with E-state index in [0.717, 1.165) is 58.8 Å². The second-order valence-corrected chi connectivity index (χ2v) is 7.88. The van der Waals surface area contributed by atoms with E-state index >= 15 is 0 Å². The molecule has 0 fully saturated rings. The van der Waals surface area contributed by atoms with Crippen LogP contribution in [0.15, 0.2) is 54.9 Å². The van der Waals surface area contributed by atoms with E-state index < -0.39 is 5.82 Å². The lowest BCUT2D eigenvalue weighted by Crippen LogP contribution is -2.20. The van der Waals surface area contributed by atoms with Gasteiger partial charge in [-0.15, -0.1) is 0 Å². The highest BCUT2D eigenvalue weighted by atomic mass is 19.1. The summed E-state index contributed by atoms with van der Waals surface area (Å²) in [7, 11) is 0. The molecule has 1 aliphatic rings. The molecule has 4 aromatic heterocycles. The average Bonchev–Trinajstić information content (AvgIpc) is 3.42. The zero-order valence-electron chi connectivity index (χ0n) is 17.0. The van der Waals surface area contributed by atoms with Crippen molar-refractivity contribution in [1.82, 2.24) is 30.5 Å². The van der Waals surface area contributed by atoms with E-state index in [9.17, 15) is 9.50 Å². The van der Waals surface area contributed by atoms with E-state index in [2.05, 4.69) is 42.6 Å². The zero-order chi connectivity index (χ0) is 21.7. The zero-order valence-corrected chi connectivity index (χ0v) is 17.0. The molecule has 0 saturated heterocycles. The van der Waals surface area contributed by atoms with Gasteiger partial charge in [0.25, 0.3) is 0 Å². The summed E-state index contributed by atoms with van der Waals surface area (Å²) in [4.78, 5) is 12.4. The summed E-state index contributed by atoms with van der Waals surface area (Å²) >= 11 is 0. The summed E-state index contributed by atoms with van der Waals surface area (Å²) in [5.41, 5.74) is 6.58. The highest BCUT2D eigenvalue weighted by molar-refractivity contribution is 5.99. The molecule has 8 heteroatoms. The highest BCUT2D eigenvalue weighted by Crippen LogP contribution is 2.34. The summed E-state index contributed by atoms with van der Waals surface area (Å²) < 4.78 is 13.9. The molecule has 0 aliphatic carbocycles. The van der Waals surface area contributed by atoms with E-state index in [4.69, 9.17) is 0 Å². The molecule has 7 nitrogen and oxygen atoms in total. The molecule has 0 bridgehead atoms. The van der Waals surface area contributed by atoms with Gasteiger partial charge in [0.2, 0.25) is 0 Å². The normalized spacial score (nSPS) is 14.2. The Bertz CT molecular complexity index is 1500. The first-order chi connectivity index (χ1) is 15.7. The topological polar surface area (TPSA) is 103 Å². The van der Waals surface area contributed by atoms with Crippen molar-refractivity contribution in [3.8, 4) is 28.4 Å². The van der Waals surface area contributed by atoms with Crippen molar-refractivity contribution in [3.63, 3.8) is 0 Å². The summed E-state index contributed by atoms with van der Waals surface area (Å²) in [6.45, 7) is 1.81. The Labute approximate surface area is 182 Å². The molecule has 32 heavy (non-hydrogen) atoms. The summed E-state index contributed by atoms with van der Waals surface area (Å²) in [5, 5.41) is 22.4. The maximum atomic E-state index is 13.9. The predicted molar refractivity (Wildman–Crippen MR) is 121 cm³/mol. The first-order valence-corrected chi connectivity index (χ1v) is 10.4. The van der Waals surface area contributed by atoms with Gasteiger partial charge in [0, 0.05) is 46.9 Å². The fraction of sp³-hybridized carbons (Fsp3) is 0.125. The predicted octanol–water partition coefficient (Wildman–Crippen LogP) is 4.39. The number of H-pyrrole nitrogens is 2. The van der Waals surface area contributed by atoms with Crippen molar-refractivity contribution in [3.05, 3.63) is 66.2 Å². The van der Waals surface area contributed by atoms with Crippen molar-refractivity contribution in [1.29, 1.82) is 0 Å². The fourth-order valence-corrected chi connectivity index (χ4v) is 4.29. The molecule has 0 atom stereocenters. The number of hydrogen-bond donors (Lipinski definition) is 4. The molecule has 0 unspecified atom stereocenters. The van der Waals surface area contributed by atoms with E-state index in [1.165, 1.54) is 17.7 Å². The van der Waals surface area contributed by atoms with Crippen LogP contribution in [0.25, 0.3) is 50.2 Å². The van der Waals surface area contributed by atoms with Crippen LogP contribution in [-0.2, 0) is 0 Å². The summed E-state index contributed by atoms with van der Waals surface area (Å²) in [6.07, 6.45) is 6.70. The first kappa shape index (κ1) is 18.7. The number of pyridine rings is 2. The number of fused-ring (bicyclic) bond motifs is 2. The lowest BCUT2D eigenvalue weighted by atomic mass is 10.0. The van der Waals surface area contributed by atoms with Gasteiger partial charge in [-0.05, 0) is 54.4 Å². The Morgan fingerprint density at radius 1 is 0.969 bits per heavy atom. The summed E-state index contributed by atoms with van der Waals surface area (Å²) in [6, 6.07) is 9.87. The van der Waals surface area contributed by atoms with E-state index in [1.807, 2.05) is 18.3 Å². The smallest absolute Gasteiger partial charge is 0.155 e. The van der Waals surface area contributed by atoms with Gasteiger partial charge >= 0.3 is 0 Å². The third kappa shape index (κ3) is 3.12. The largest absolute Gasteiger partial charge is 0.508 e. The fourth-order valence-electron chi connectivity index (χ4n) is 4.29. The van der Waals surface area contributed by atoms with Crippen LogP contribution in [0, 0.1) is 5.82 Å². The van der Waals surface area contributed by atoms with Gasteiger partial charge in [0.05, 0.1) is 11.4 Å². The van der Waals surface area contributed by atoms with Crippen LogP contribution in [0.1, 0.15) is 12.0 Å². The molecule has 0 radical (unpaired) electrons. The Balaban J connectivity index is 1.49. The minimum atomic E-state index is -0.515. The van der Waals surface area contributed by atoms with Crippen LogP contribution in [0.2, 0.25) is 0 Å². The Kier molecular flexibility index (Phi) is 4.26. The number of aromatic amines is 2. The van der Waals surface area contributed by atoms with Gasteiger partial charge < -0.3 is 15.4 Å². The number of hydrogen-bond acceptors (Lipinski definition) is 5. The van der Waals surface area contributed by atoms with Crippen LogP contribution in [0.5, 0.6) is 5.75 Å². The second-order valence-electron chi connectivity index (χ2n) is 7.88. The molecule has 5 heterocycles. The molecular weight excluding hydrogens is 407 g/mol. The number of halogens is 1.